The Morgan fingerprint density at radius 3 is 2.63 bits per heavy atom. The second-order valence-electron chi connectivity index (χ2n) is 6.02. The lowest BCUT2D eigenvalue weighted by Crippen LogP contribution is -2.43. The van der Waals surface area contributed by atoms with Crippen molar-refractivity contribution in [3.8, 4) is 0 Å². The van der Waals surface area contributed by atoms with Gasteiger partial charge in [-0.1, -0.05) is 29.8 Å². The summed E-state index contributed by atoms with van der Waals surface area (Å²) in [5.41, 5.74) is 2.24. The van der Waals surface area contributed by atoms with Crippen LogP contribution in [-0.4, -0.2) is 41.3 Å². The van der Waals surface area contributed by atoms with Crippen molar-refractivity contribution in [2.45, 2.75) is 17.9 Å². The molecular formula is C18H15ClN4O4. The molecule has 138 valence electrons. The number of benzene rings is 2. The van der Waals surface area contributed by atoms with Gasteiger partial charge in [0, 0.05) is 5.02 Å². The van der Waals surface area contributed by atoms with E-state index in [0.717, 1.165) is 0 Å². The third-order valence-electron chi connectivity index (χ3n) is 4.19. The van der Waals surface area contributed by atoms with Gasteiger partial charge in [-0.25, -0.2) is 4.79 Å². The molecule has 2 aliphatic heterocycles. The Balaban J connectivity index is 1.68. The summed E-state index contributed by atoms with van der Waals surface area (Å²) in [5, 5.41) is 23.1. The number of azo groups is 1. The SMILES string of the molecule is O=C1OC2C(O)COC2(N=Nc2ccc(Cl)cc2)C1=NNc1ccccc1. The van der Waals surface area contributed by atoms with Gasteiger partial charge in [0.2, 0.25) is 5.71 Å². The number of fused-ring (bicyclic) bond motifs is 1. The third kappa shape index (κ3) is 3.30. The van der Waals surface area contributed by atoms with Crippen molar-refractivity contribution >= 4 is 34.7 Å². The van der Waals surface area contributed by atoms with E-state index in [2.05, 4.69) is 20.8 Å². The van der Waals surface area contributed by atoms with E-state index in [1.807, 2.05) is 18.2 Å². The van der Waals surface area contributed by atoms with E-state index in [9.17, 15) is 9.90 Å². The number of anilines is 1. The predicted octanol–water partition coefficient (Wildman–Crippen LogP) is 2.90. The zero-order valence-corrected chi connectivity index (χ0v) is 14.7. The molecule has 2 fully saturated rings. The zero-order chi connectivity index (χ0) is 18.9. The highest BCUT2D eigenvalue weighted by atomic mass is 35.5. The molecule has 0 aliphatic carbocycles. The summed E-state index contributed by atoms with van der Waals surface area (Å²) in [5.74, 6) is -0.725. The fraction of sp³-hybridized carbons (Fsp3) is 0.222. The first-order valence-electron chi connectivity index (χ1n) is 8.19. The Morgan fingerprint density at radius 1 is 1.15 bits per heavy atom. The molecule has 2 aromatic rings. The lowest BCUT2D eigenvalue weighted by molar-refractivity contribution is -0.141. The molecule has 2 saturated heterocycles. The van der Waals surface area contributed by atoms with Crippen molar-refractivity contribution in [2.24, 2.45) is 15.3 Å². The Kier molecular flexibility index (Phi) is 4.61. The number of esters is 1. The van der Waals surface area contributed by atoms with Crippen LogP contribution >= 0.6 is 11.6 Å². The molecule has 0 radical (unpaired) electrons. The van der Waals surface area contributed by atoms with Gasteiger partial charge in [0.15, 0.2) is 6.10 Å². The van der Waals surface area contributed by atoms with Crippen LogP contribution in [0.2, 0.25) is 5.02 Å². The predicted molar refractivity (Wildman–Crippen MR) is 98.0 cm³/mol. The van der Waals surface area contributed by atoms with Crippen LogP contribution in [0.5, 0.6) is 0 Å². The summed E-state index contributed by atoms with van der Waals surface area (Å²) >= 11 is 5.87. The van der Waals surface area contributed by atoms with Crippen LogP contribution in [-0.2, 0) is 14.3 Å². The molecule has 0 saturated carbocycles. The number of nitrogens with zero attached hydrogens (tertiary/aromatic N) is 3. The van der Waals surface area contributed by atoms with Crippen LogP contribution < -0.4 is 5.43 Å². The molecule has 3 atom stereocenters. The number of hydrogen-bond donors (Lipinski definition) is 2. The van der Waals surface area contributed by atoms with Gasteiger partial charge in [0.05, 0.1) is 18.0 Å². The first-order chi connectivity index (χ1) is 13.1. The average molecular weight is 387 g/mol. The number of hydrazone groups is 1. The average Bonchev–Trinajstić information content (AvgIpc) is 3.14. The molecule has 2 heterocycles. The monoisotopic (exact) mass is 386 g/mol. The van der Waals surface area contributed by atoms with E-state index in [1.165, 1.54) is 0 Å². The first kappa shape index (κ1) is 17.6. The van der Waals surface area contributed by atoms with Gasteiger partial charge in [0.1, 0.15) is 6.10 Å². The maximum Gasteiger partial charge on any atom is 0.360 e. The molecule has 0 spiro atoms. The Bertz CT molecular complexity index is 903. The van der Waals surface area contributed by atoms with Gasteiger partial charge in [0.25, 0.3) is 5.72 Å². The van der Waals surface area contributed by atoms with Crippen LogP contribution in [0.15, 0.2) is 69.9 Å². The maximum atomic E-state index is 12.3. The number of aliphatic hydroxyl groups excluding tert-OH is 1. The van der Waals surface area contributed by atoms with Crippen LogP contribution in [0, 0.1) is 0 Å². The smallest absolute Gasteiger partial charge is 0.360 e. The van der Waals surface area contributed by atoms with Crippen LogP contribution in [0.1, 0.15) is 0 Å². The fourth-order valence-corrected chi connectivity index (χ4v) is 2.98. The molecule has 0 aromatic heterocycles. The van der Waals surface area contributed by atoms with Crippen molar-refractivity contribution < 1.29 is 19.4 Å². The van der Waals surface area contributed by atoms with Gasteiger partial charge in [-0.05, 0) is 36.4 Å². The summed E-state index contributed by atoms with van der Waals surface area (Å²) in [7, 11) is 0. The molecule has 3 unspecified atom stereocenters. The fourth-order valence-electron chi connectivity index (χ4n) is 2.85. The summed E-state index contributed by atoms with van der Waals surface area (Å²) in [4.78, 5) is 12.3. The number of rotatable bonds is 4. The van der Waals surface area contributed by atoms with Gasteiger partial charge in [-0.2, -0.15) is 10.2 Å². The summed E-state index contributed by atoms with van der Waals surface area (Å²) in [6.07, 6.45) is -2.04. The molecule has 2 aromatic carbocycles. The minimum Gasteiger partial charge on any atom is -0.449 e. The molecule has 9 heteroatoms. The van der Waals surface area contributed by atoms with Gasteiger partial charge >= 0.3 is 5.97 Å². The minimum absolute atomic E-state index is 0.0536. The quantitative estimate of drug-likeness (QED) is 0.477. The molecule has 2 N–H and O–H groups in total. The number of carbonyl (C=O) groups is 1. The van der Waals surface area contributed by atoms with Gasteiger partial charge in [-0.15, -0.1) is 5.11 Å². The zero-order valence-electron chi connectivity index (χ0n) is 13.9. The van der Waals surface area contributed by atoms with E-state index >= 15 is 0 Å². The molecule has 0 bridgehead atoms. The number of halogens is 1. The second kappa shape index (κ2) is 7.07. The lowest BCUT2D eigenvalue weighted by Gasteiger charge is -2.19. The number of aliphatic hydroxyl groups is 1. The Labute approximate surface area is 159 Å². The van der Waals surface area contributed by atoms with Crippen molar-refractivity contribution in [3.63, 3.8) is 0 Å². The van der Waals surface area contributed by atoms with Gasteiger partial charge in [-0.3, -0.25) is 5.43 Å². The number of hydrogen-bond acceptors (Lipinski definition) is 8. The van der Waals surface area contributed by atoms with Crippen LogP contribution in [0.3, 0.4) is 0 Å². The number of para-hydroxylation sites is 1. The molecule has 8 nitrogen and oxygen atoms in total. The van der Waals surface area contributed by atoms with Crippen molar-refractivity contribution in [1.29, 1.82) is 0 Å². The topological polar surface area (TPSA) is 105 Å². The molecular weight excluding hydrogens is 372 g/mol. The standard InChI is InChI=1S/C18H15ClN4O4/c19-11-6-8-13(9-7-11)21-23-18-15(22-20-12-4-2-1-3-5-12)17(25)27-16(18)14(24)10-26-18/h1-9,14,16,20,24H,10H2. The number of nitrogens with one attached hydrogen (secondary N) is 1. The molecule has 4 rings (SSSR count). The largest absolute Gasteiger partial charge is 0.449 e. The highest BCUT2D eigenvalue weighted by molar-refractivity contribution is 6.42. The molecule has 27 heavy (non-hydrogen) atoms. The lowest BCUT2D eigenvalue weighted by atomic mass is 10.0. The van der Waals surface area contributed by atoms with Crippen molar-refractivity contribution in [3.05, 3.63) is 59.6 Å². The highest BCUT2D eigenvalue weighted by Crippen LogP contribution is 2.39. The summed E-state index contributed by atoms with van der Waals surface area (Å²) < 4.78 is 10.9. The third-order valence-corrected chi connectivity index (χ3v) is 4.44. The van der Waals surface area contributed by atoms with Crippen molar-refractivity contribution in [1.82, 2.24) is 0 Å². The first-order valence-corrected chi connectivity index (χ1v) is 8.57. The number of ether oxygens (including phenoxy) is 2. The second-order valence-corrected chi connectivity index (χ2v) is 6.45. The number of carbonyl (C=O) groups excluding carboxylic acids is 1. The van der Waals surface area contributed by atoms with E-state index in [0.29, 0.717) is 16.4 Å². The Morgan fingerprint density at radius 2 is 1.89 bits per heavy atom. The van der Waals surface area contributed by atoms with E-state index in [1.54, 1.807) is 36.4 Å². The van der Waals surface area contributed by atoms with E-state index in [-0.39, 0.29) is 12.3 Å². The summed E-state index contributed by atoms with van der Waals surface area (Å²) in [6.45, 7) is -0.0536. The van der Waals surface area contributed by atoms with Crippen LogP contribution in [0.4, 0.5) is 11.4 Å². The minimum atomic E-state index is -1.61. The maximum absolute atomic E-state index is 12.3. The normalized spacial score (nSPS) is 28.5. The van der Waals surface area contributed by atoms with E-state index < -0.39 is 23.9 Å². The Hall–Kier alpha value is -2.81. The highest BCUT2D eigenvalue weighted by Gasteiger charge is 2.64. The summed E-state index contributed by atoms with van der Waals surface area (Å²) in [6, 6.07) is 15.7. The van der Waals surface area contributed by atoms with Gasteiger partial charge < -0.3 is 14.6 Å². The molecule has 2 aliphatic rings. The van der Waals surface area contributed by atoms with Crippen molar-refractivity contribution in [2.75, 3.05) is 12.0 Å². The van der Waals surface area contributed by atoms with E-state index in [4.69, 9.17) is 21.1 Å². The molecule has 0 amide bonds. The van der Waals surface area contributed by atoms with Crippen LogP contribution in [0.25, 0.3) is 0 Å².